The largest absolute Gasteiger partial charge is 0.488 e. The van der Waals surface area contributed by atoms with Crippen molar-refractivity contribution in [3.05, 3.63) is 77.6 Å². The molecule has 2 atom stereocenters. The van der Waals surface area contributed by atoms with Gasteiger partial charge in [-0.05, 0) is 77.6 Å². The van der Waals surface area contributed by atoms with Crippen LogP contribution in [0.2, 0.25) is 0 Å². The summed E-state index contributed by atoms with van der Waals surface area (Å²) in [6.45, 7) is 6.21. The van der Waals surface area contributed by atoms with E-state index in [1.54, 1.807) is 31.2 Å². The fourth-order valence-electron chi connectivity index (χ4n) is 4.37. The van der Waals surface area contributed by atoms with Crippen molar-refractivity contribution in [2.75, 3.05) is 24.6 Å². The van der Waals surface area contributed by atoms with Crippen molar-refractivity contribution >= 4 is 15.7 Å². The van der Waals surface area contributed by atoms with E-state index in [0.717, 1.165) is 16.7 Å². The van der Waals surface area contributed by atoms with Gasteiger partial charge in [0.2, 0.25) is 0 Å². The predicted molar refractivity (Wildman–Crippen MR) is 134 cm³/mol. The molecule has 1 heterocycles. The van der Waals surface area contributed by atoms with Gasteiger partial charge in [0.25, 0.3) is 10.0 Å². The van der Waals surface area contributed by atoms with E-state index in [2.05, 4.69) is 13.8 Å². The molecule has 3 aromatic rings. The zero-order chi connectivity index (χ0) is 25.3. The van der Waals surface area contributed by atoms with Crippen LogP contribution in [0.15, 0.2) is 65.6 Å². The Morgan fingerprint density at radius 2 is 1.74 bits per heavy atom. The van der Waals surface area contributed by atoms with Crippen molar-refractivity contribution in [2.24, 2.45) is 5.92 Å². The third kappa shape index (κ3) is 5.05. The Balaban J connectivity index is 1.68. The van der Waals surface area contributed by atoms with Gasteiger partial charge in [-0.15, -0.1) is 0 Å². The minimum atomic E-state index is -3.82. The van der Waals surface area contributed by atoms with Crippen LogP contribution in [0.3, 0.4) is 0 Å². The molecule has 1 aliphatic rings. The van der Waals surface area contributed by atoms with Gasteiger partial charge in [0.1, 0.15) is 18.2 Å². The standard InChI is InChI=1S/C27H30FNO5S/c1-17(2)24-15-29(25-11-7-20(14-23(24)25)19-5-8-21(28)9-6-19)35(31,32)22-10-12-26(18(3)13-22)34-16-27(30)33-4/h5-14,17,24,27,30H,15-16H2,1-4H3. The minimum absolute atomic E-state index is 0.0272. The first kappa shape index (κ1) is 25.2. The van der Waals surface area contributed by atoms with E-state index in [4.69, 9.17) is 9.47 Å². The zero-order valence-corrected chi connectivity index (χ0v) is 21.0. The average Bonchev–Trinajstić information content (AvgIpc) is 3.23. The fraction of sp³-hybridized carbons (Fsp3) is 0.333. The third-order valence-electron chi connectivity index (χ3n) is 6.43. The Hall–Kier alpha value is -2.94. The molecule has 6 nitrogen and oxygen atoms in total. The number of rotatable bonds is 8. The molecule has 0 amide bonds. The maximum absolute atomic E-state index is 13.7. The zero-order valence-electron chi connectivity index (χ0n) is 20.2. The number of nitrogens with zero attached hydrogens (tertiary/aromatic N) is 1. The van der Waals surface area contributed by atoms with E-state index in [1.165, 1.54) is 29.6 Å². The number of hydrogen-bond acceptors (Lipinski definition) is 5. The van der Waals surface area contributed by atoms with Crippen molar-refractivity contribution in [2.45, 2.75) is 37.9 Å². The van der Waals surface area contributed by atoms with Gasteiger partial charge in [-0.25, -0.2) is 12.8 Å². The van der Waals surface area contributed by atoms with E-state index in [9.17, 15) is 17.9 Å². The highest BCUT2D eigenvalue weighted by Gasteiger charge is 2.38. The Labute approximate surface area is 206 Å². The number of methoxy groups -OCH3 is 1. The molecule has 8 heteroatoms. The molecule has 2 unspecified atom stereocenters. The van der Waals surface area contributed by atoms with Crippen LogP contribution in [0.1, 0.15) is 30.9 Å². The summed E-state index contributed by atoms with van der Waals surface area (Å²) in [5, 5.41) is 9.54. The maximum atomic E-state index is 13.7. The van der Waals surface area contributed by atoms with Crippen molar-refractivity contribution in [1.29, 1.82) is 0 Å². The lowest BCUT2D eigenvalue weighted by Crippen LogP contribution is -2.30. The summed E-state index contributed by atoms with van der Waals surface area (Å²) in [6.07, 6.45) is -1.06. The second-order valence-electron chi connectivity index (χ2n) is 9.10. The molecule has 0 aromatic heterocycles. The predicted octanol–water partition coefficient (Wildman–Crippen LogP) is 5.09. The van der Waals surface area contributed by atoms with Crippen LogP contribution in [-0.4, -0.2) is 40.1 Å². The van der Waals surface area contributed by atoms with Crippen molar-refractivity contribution in [3.8, 4) is 16.9 Å². The normalized spacial score (nSPS) is 16.4. The average molecular weight is 500 g/mol. The van der Waals surface area contributed by atoms with Gasteiger partial charge in [-0.2, -0.15) is 0 Å². The number of aliphatic hydroxyl groups is 1. The highest BCUT2D eigenvalue weighted by Crippen LogP contribution is 2.44. The lowest BCUT2D eigenvalue weighted by molar-refractivity contribution is -0.0968. The van der Waals surface area contributed by atoms with Crippen LogP contribution in [0.25, 0.3) is 11.1 Å². The molecule has 0 bridgehead atoms. The van der Waals surface area contributed by atoms with E-state index in [0.29, 0.717) is 23.5 Å². The SMILES string of the molecule is COC(O)COc1ccc(S(=O)(=O)N2CC(C(C)C)c3cc(-c4ccc(F)cc4)ccc32)cc1C. The van der Waals surface area contributed by atoms with E-state index >= 15 is 0 Å². The molecule has 0 aliphatic carbocycles. The van der Waals surface area contributed by atoms with E-state index < -0.39 is 16.3 Å². The lowest BCUT2D eigenvalue weighted by atomic mass is 9.88. The van der Waals surface area contributed by atoms with Crippen LogP contribution < -0.4 is 9.04 Å². The summed E-state index contributed by atoms with van der Waals surface area (Å²) in [5.41, 5.74) is 4.07. The smallest absolute Gasteiger partial charge is 0.264 e. The molecule has 3 aromatic carbocycles. The first-order valence-corrected chi connectivity index (χ1v) is 12.9. The number of ether oxygens (including phenoxy) is 2. The number of sulfonamides is 1. The van der Waals surface area contributed by atoms with Gasteiger partial charge in [0, 0.05) is 19.6 Å². The monoisotopic (exact) mass is 499 g/mol. The van der Waals surface area contributed by atoms with Gasteiger partial charge in [0.05, 0.1) is 10.6 Å². The van der Waals surface area contributed by atoms with E-state index in [1.807, 2.05) is 18.2 Å². The van der Waals surface area contributed by atoms with Gasteiger partial charge < -0.3 is 14.6 Å². The molecular weight excluding hydrogens is 469 g/mol. The van der Waals surface area contributed by atoms with Crippen molar-refractivity contribution in [3.63, 3.8) is 0 Å². The van der Waals surface area contributed by atoms with Gasteiger partial charge in [0.15, 0.2) is 6.29 Å². The van der Waals surface area contributed by atoms with Crippen LogP contribution in [0.4, 0.5) is 10.1 Å². The Bertz CT molecular complexity index is 1310. The number of benzene rings is 3. The summed E-state index contributed by atoms with van der Waals surface area (Å²) >= 11 is 0. The molecule has 0 radical (unpaired) electrons. The van der Waals surface area contributed by atoms with Crippen LogP contribution >= 0.6 is 0 Å². The molecule has 0 spiro atoms. The number of aliphatic hydroxyl groups excluding tert-OH is 1. The van der Waals surface area contributed by atoms with Crippen molar-refractivity contribution in [1.82, 2.24) is 0 Å². The van der Waals surface area contributed by atoms with Gasteiger partial charge >= 0.3 is 0 Å². The molecular formula is C27H30FNO5S. The molecule has 1 aliphatic heterocycles. The number of aryl methyl sites for hydroxylation is 1. The van der Waals surface area contributed by atoms with Crippen molar-refractivity contribution < 1.29 is 27.4 Å². The second-order valence-corrected chi connectivity index (χ2v) is 11.0. The molecule has 0 saturated heterocycles. The molecule has 35 heavy (non-hydrogen) atoms. The highest BCUT2D eigenvalue weighted by molar-refractivity contribution is 7.92. The number of fused-ring (bicyclic) bond motifs is 1. The fourth-order valence-corrected chi connectivity index (χ4v) is 5.98. The van der Waals surface area contributed by atoms with E-state index in [-0.39, 0.29) is 29.2 Å². The Morgan fingerprint density at radius 1 is 1.06 bits per heavy atom. The number of anilines is 1. The van der Waals surface area contributed by atoms with Gasteiger partial charge in [-0.3, -0.25) is 4.31 Å². The van der Waals surface area contributed by atoms with Crippen LogP contribution in [0.5, 0.6) is 5.75 Å². The summed E-state index contributed by atoms with van der Waals surface area (Å²) in [4.78, 5) is 0.174. The second kappa shape index (κ2) is 9.97. The summed E-state index contributed by atoms with van der Waals surface area (Å²) < 4.78 is 52.6. The Kier molecular flexibility index (Phi) is 7.17. The molecule has 0 saturated carbocycles. The molecule has 0 fully saturated rings. The Morgan fingerprint density at radius 3 is 2.37 bits per heavy atom. The van der Waals surface area contributed by atoms with Gasteiger partial charge in [-0.1, -0.05) is 32.0 Å². The third-order valence-corrected chi connectivity index (χ3v) is 8.20. The molecule has 186 valence electrons. The summed E-state index contributed by atoms with van der Waals surface area (Å²) in [7, 11) is -2.45. The van der Waals surface area contributed by atoms with Crippen LogP contribution in [0, 0.1) is 18.7 Å². The quantitative estimate of drug-likeness (QED) is 0.437. The minimum Gasteiger partial charge on any atom is -0.488 e. The first-order chi connectivity index (χ1) is 16.6. The maximum Gasteiger partial charge on any atom is 0.264 e. The molecule has 4 rings (SSSR count). The first-order valence-electron chi connectivity index (χ1n) is 11.5. The highest BCUT2D eigenvalue weighted by atomic mass is 32.2. The number of hydrogen-bond donors (Lipinski definition) is 1. The molecule has 1 N–H and O–H groups in total. The summed E-state index contributed by atoms with van der Waals surface area (Å²) in [5.74, 6) is 0.432. The summed E-state index contributed by atoms with van der Waals surface area (Å²) in [6, 6.07) is 16.7. The lowest BCUT2D eigenvalue weighted by Gasteiger charge is -2.22. The number of halogens is 1. The topological polar surface area (TPSA) is 76.1 Å². The van der Waals surface area contributed by atoms with Crippen LogP contribution in [-0.2, 0) is 14.8 Å².